The number of rotatable bonds is 3. The van der Waals surface area contributed by atoms with E-state index in [2.05, 4.69) is 4.90 Å². The number of carbonyl (C=O) groups is 1. The van der Waals surface area contributed by atoms with Gasteiger partial charge in [0.05, 0.1) is 30.1 Å². The summed E-state index contributed by atoms with van der Waals surface area (Å²) >= 11 is 1.53. The zero-order valence-electron chi connectivity index (χ0n) is 13.8. The summed E-state index contributed by atoms with van der Waals surface area (Å²) in [4.78, 5) is 18.0. The molecule has 4 rings (SSSR count). The quantitative estimate of drug-likeness (QED) is 0.857. The van der Waals surface area contributed by atoms with Crippen molar-refractivity contribution in [1.82, 2.24) is 9.80 Å². The van der Waals surface area contributed by atoms with Crippen LogP contribution in [-0.4, -0.2) is 54.6 Å². The highest BCUT2D eigenvalue weighted by molar-refractivity contribution is 7.12. The molecule has 0 spiro atoms. The summed E-state index contributed by atoms with van der Waals surface area (Å²) in [5.41, 5.74) is 2.26. The van der Waals surface area contributed by atoms with E-state index >= 15 is 0 Å². The van der Waals surface area contributed by atoms with Gasteiger partial charge in [-0.25, -0.2) is 0 Å². The maximum Gasteiger partial charge on any atom is 0.264 e. The van der Waals surface area contributed by atoms with Crippen molar-refractivity contribution in [3.63, 3.8) is 0 Å². The van der Waals surface area contributed by atoms with E-state index in [0.29, 0.717) is 12.5 Å². The van der Waals surface area contributed by atoms with E-state index in [0.717, 1.165) is 43.2 Å². The maximum absolute atomic E-state index is 12.8. The van der Waals surface area contributed by atoms with Gasteiger partial charge in [0.15, 0.2) is 0 Å². The molecule has 2 atom stereocenters. The number of nitrogens with zero attached hydrogens (tertiary/aromatic N) is 2. The number of fused-ring (bicyclic) bond motifs is 1. The number of likely N-dealkylation sites (tertiary alicyclic amines) is 1. The minimum atomic E-state index is 0.153. The van der Waals surface area contributed by atoms with E-state index in [4.69, 9.17) is 9.15 Å². The second-order valence-corrected chi connectivity index (χ2v) is 7.60. The van der Waals surface area contributed by atoms with Gasteiger partial charge in [-0.2, -0.15) is 0 Å². The first-order valence-electron chi connectivity index (χ1n) is 8.39. The van der Waals surface area contributed by atoms with Gasteiger partial charge in [0, 0.05) is 44.2 Å². The Labute approximate surface area is 145 Å². The fourth-order valence-corrected chi connectivity index (χ4v) is 4.54. The van der Waals surface area contributed by atoms with Gasteiger partial charge in [0.2, 0.25) is 0 Å². The minimum absolute atomic E-state index is 0.153. The molecule has 0 aliphatic carbocycles. The number of amides is 1. The Bertz CT molecular complexity index is 697. The van der Waals surface area contributed by atoms with Gasteiger partial charge < -0.3 is 14.1 Å². The first-order chi connectivity index (χ1) is 11.7. The molecule has 6 heteroatoms. The number of carbonyl (C=O) groups excluding carboxylic acids is 1. The molecule has 128 valence electrons. The van der Waals surface area contributed by atoms with Crippen LogP contribution < -0.4 is 0 Å². The van der Waals surface area contributed by atoms with Crippen LogP contribution in [0.4, 0.5) is 0 Å². The topological polar surface area (TPSA) is 45.9 Å². The molecule has 0 N–H and O–H groups in total. The van der Waals surface area contributed by atoms with E-state index in [1.807, 2.05) is 29.3 Å². The van der Waals surface area contributed by atoms with E-state index in [-0.39, 0.29) is 12.0 Å². The van der Waals surface area contributed by atoms with Crippen molar-refractivity contribution in [2.75, 3.05) is 32.8 Å². The standard InChI is InChI=1S/C18H22N2O3S/c1-13-3-7-24-17(13)18(21)20-10-15-9-19(4-6-23-16(15)11-20)8-14-2-5-22-12-14/h2-3,5,7,12,15-16H,4,6,8-11H2,1H3/t15-,16+/m1/s1. The van der Waals surface area contributed by atoms with Gasteiger partial charge in [-0.3, -0.25) is 9.69 Å². The van der Waals surface area contributed by atoms with Crippen LogP contribution in [0.25, 0.3) is 0 Å². The van der Waals surface area contributed by atoms with Crippen LogP contribution in [0.5, 0.6) is 0 Å². The van der Waals surface area contributed by atoms with Crippen molar-refractivity contribution in [2.45, 2.75) is 19.6 Å². The third kappa shape index (κ3) is 3.14. The molecule has 2 aromatic heterocycles. The van der Waals surface area contributed by atoms with Gasteiger partial charge in [0.1, 0.15) is 0 Å². The first-order valence-corrected chi connectivity index (χ1v) is 9.27. The SMILES string of the molecule is Cc1ccsc1C(=O)N1C[C@H]2CN(Cc3ccoc3)CCO[C@H]2C1. The van der Waals surface area contributed by atoms with E-state index in [9.17, 15) is 4.79 Å². The molecular formula is C18H22N2O3S. The lowest BCUT2D eigenvalue weighted by Gasteiger charge is -2.22. The molecular weight excluding hydrogens is 324 g/mol. The molecule has 4 heterocycles. The highest BCUT2D eigenvalue weighted by Crippen LogP contribution is 2.27. The Balaban J connectivity index is 1.42. The lowest BCUT2D eigenvalue weighted by atomic mass is 10.1. The van der Waals surface area contributed by atoms with Crippen molar-refractivity contribution in [1.29, 1.82) is 0 Å². The Hall–Kier alpha value is -1.63. The molecule has 0 unspecified atom stereocenters. The summed E-state index contributed by atoms with van der Waals surface area (Å²) < 4.78 is 11.2. The van der Waals surface area contributed by atoms with E-state index in [1.165, 1.54) is 16.9 Å². The molecule has 1 amide bonds. The fourth-order valence-electron chi connectivity index (χ4n) is 3.65. The summed E-state index contributed by atoms with van der Waals surface area (Å²) in [5, 5.41) is 1.99. The number of hydrogen-bond donors (Lipinski definition) is 0. The average molecular weight is 346 g/mol. The third-order valence-corrected chi connectivity index (χ3v) is 5.95. The second kappa shape index (κ2) is 6.70. The monoisotopic (exact) mass is 346 g/mol. The zero-order chi connectivity index (χ0) is 16.5. The highest BCUT2D eigenvalue weighted by Gasteiger charge is 2.39. The Kier molecular flexibility index (Phi) is 4.43. The average Bonchev–Trinajstić information content (AvgIpc) is 3.28. The van der Waals surface area contributed by atoms with Gasteiger partial charge in [-0.15, -0.1) is 11.3 Å². The largest absolute Gasteiger partial charge is 0.472 e. The molecule has 0 saturated carbocycles. The molecule has 24 heavy (non-hydrogen) atoms. The second-order valence-electron chi connectivity index (χ2n) is 6.68. The molecule has 0 bridgehead atoms. The van der Waals surface area contributed by atoms with Crippen molar-refractivity contribution in [2.24, 2.45) is 5.92 Å². The molecule has 2 saturated heterocycles. The Morgan fingerprint density at radius 2 is 2.25 bits per heavy atom. The highest BCUT2D eigenvalue weighted by atomic mass is 32.1. The summed E-state index contributed by atoms with van der Waals surface area (Å²) in [6, 6.07) is 4.02. The van der Waals surface area contributed by atoms with E-state index < -0.39 is 0 Å². The Morgan fingerprint density at radius 3 is 3.00 bits per heavy atom. The molecule has 2 aromatic rings. The van der Waals surface area contributed by atoms with Crippen LogP contribution >= 0.6 is 11.3 Å². The zero-order valence-corrected chi connectivity index (χ0v) is 14.6. The molecule has 0 radical (unpaired) electrons. The summed E-state index contributed by atoms with van der Waals surface area (Å²) in [6.07, 6.45) is 3.67. The minimum Gasteiger partial charge on any atom is -0.472 e. The summed E-state index contributed by atoms with van der Waals surface area (Å²) in [7, 11) is 0. The summed E-state index contributed by atoms with van der Waals surface area (Å²) in [5.74, 6) is 0.532. The van der Waals surface area contributed by atoms with Crippen LogP contribution in [-0.2, 0) is 11.3 Å². The van der Waals surface area contributed by atoms with Crippen molar-refractivity contribution in [3.05, 3.63) is 46.0 Å². The predicted octanol–water partition coefficient (Wildman–Crippen LogP) is 2.62. The number of hydrogen-bond acceptors (Lipinski definition) is 5. The Morgan fingerprint density at radius 1 is 1.33 bits per heavy atom. The summed E-state index contributed by atoms with van der Waals surface area (Å²) in [6.45, 7) is 6.98. The van der Waals surface area contributed by atoms with Gasteiger partial charge in [-0.05, 0) is 30.0 Å². The number of ether oxygens (including phenoxy) is 1. The fraction of sp³-hybridized carbons (Fsp3) is 0.500. The maximum atomic E-state index is 12.8. The molecule has 5 nitrogen and oxygen atoms in total. The van der Waals surface area contributed by atoms with Crippen LogP contribution in [0.3, 0.4) is 0 Å². The predicted molar refractivity (Wildman–Crippen MR) is 92.2 cm³/mol. The number of aryl methyl sites for hydroxylation is 1. The van der Waals surface area contributed by atoms with Crippen LogP contribution in [0.2, 0.25) is 0 Å². The lowest BCUT2D eigenvalue weighted by Crippen LogP contribution is -2.33. The van der Waals surface area contributed by atoms with E-state index in [1.54, 1.807) is 12.5 Å². The molecule has 2 aliphatic heterocycles. The first kappa shape index (κ1) is 15.9. The van der Waals surface area contributed by atoms with Gasteiger partial charge in [-0.1, -0.05) is 0 Å². The van der Waals surface area contributed by atoms with Gasteiger partial charge in [0.25, 0.3) is 5.91 Å². The number of thiophene rings is 1. The third-order valence-electron chi connectivity index (χ3n) is 4.94. The van der Waals surface area contributed by atoms with Crippen LogP contribution in [0.15, 0.2) is 34.5 Å². The van der Waals surface area contributed by atoms with Crippen LogP contribution in [0, 0.1) is 12.8 Å². The lowest BCUT2D eigenvalue weighted by molar-refractivity contribution is 0.0484. The molecule has 2 aliphatic rings. The number of furan rings is 1. The van der Waals surface area contributed by atoms with Crippen LogP contribution in [0.1, 0.15) is 20.8 Å². The normalized spacial score (nSPS) is 24.8. The molecule has 2 fully saturated rings. The van der Waals surface area contributed by atoms with Crippen molar-refractivity contribution < 1.29 is 13.9 Å². The van der Waals surface area contributed by atoms with Crippen molar-refractivity contribution >= 4 is 17.2 Å². The smallest absolute Gasteiger partial charge is 0.264 e. The van der Waals surface area contributed by atoms with Crippen molar-refractivity contribution in [3.8, 4) is 0 Å². The molecule has 0 aromatic carbocycles. The van der Waals surface area contributed by atoms with Gasteiger partial charge >= 0.3 is 0 Å².